The minimum Gasteiger partial charge on any atom is -0.452 e. The minimum atomic E-state index is -3.76. The van der Waals surface area contributed by atoms with Gasteiger partial charge in [0.05, 0.1) is 10.6 Å². The molecule has 154 valence electrons. The predicted molar refractivity (Wildman–Crippen MR) is 105 cm³/mol. The molecule has 1 aromatic carbocycles. The van der Waals surface area contributed by atoms with Crippen LogP contribution in [-0.4, -0.2) is 61.8 Å². The number of amides is 1. The normalized spacial score (nSPS) is 20.9. The number of sulfonamides is 1. The van der Waals surface area contributed by atoms with E-state index in [1.54, 1.807) is 4.90 Å². The average molecular weight is 429 g/mol. The van der Waals surface area contributed by atoms with E-state index < -0.39 is 16.0 Å². The fourth-order valence-corrected chi connectivity index (χ4v) is 5.68. The minimum absolute atomic E-state index is 0.0571. The Morgan fingerprint density at radius 1 is 1.14 bits per heavy atom. The van der Waals surface area contributed by atoms with Crippen molar-refractivity contribution in [1.82, 2.24) is 9.21 Å². The Bertz CT molecular complexity index is 852. The summed E-state index contributed by atoms with van der Waals surface area (Å²) in [6.07, 6.45) is 4.57. The summed E-state index contributed by atoms with van der Waals surface area (Å²) < 4.78 is 32.0. The molecule has 0 saturated carbocycles. The summed E-state index contributed by atoms with van der Waals surface area (Å²) in [5.41, 5.74) is 0.0571. The van der Waals surface area contributed by atoms with Gasteiger partial charge in [0.2, 0.25) is 10.0 Å². The van der Waals surface area contributed by atoms with E-state index in [4.69, 9.17) is 16.3 Å². The summed E-state index contributed by atoms with van der Waals surface area (Å²) >= 11 is 6.09. The van der Waals surface area contributed by atoms with Gasteiger partial charge in [0.1, 0.15) is 4.90 Å². The second-order valence-corrected chi connectivity index (χ2v) is 9.58. The highest BCUT2D eigenvalue weighted by Crippen LogP contribution is 2.28. The van der Waals surface area contributed by atoms with E-state index in [0.29, 0.717) is 19.6 Å². The van der Waals surface area contributed by atoms with Crippen LogP contribution in [0.5, 0.6) is 0 Å². The second-order valence-electron chi connectivity index (χ2n) is 7.26. The van der Waals surface area contributed by atoms with E-state index >= 15 is 0 Å². The molecule has 7 nitrogen and oxygen atoms in total. The molecular formula is C19H25ClN2O5S. The molecule has 2 aliphatic rings. The molecule has 0 spiro atoms. The van der Waals surface area contributed by atoms with Crippen LogP contribution in [0.15, 0.2) is 23.1 Å². The SMILES string of the molecule is CC1CCCCN1C(=O)COC(=O)c1ccc(Cl)c(S(=O)(=O)N2CCCC2)c1. The van der Waals surface area contributed by atoms with E-state index in [0.717, 1.165) is 32.1 Å². The van der Waals surface area contributed by atoms with E-state index in [9.17, 15) is 18.0 Å². The van der Waals surface area contributed by atoms with Crippen LogP contribution < -0.4 is 0 Å². The number of benzene rings is 1. The zero-order chi connectivity index (χ0) is 20.3. The number of carbonyl (C=O) groups is 2. The zero-order valence-corrected chi connectivity index (χ0v) is 17.5. The highest BCUT2D eigenvalue weighted by molar-refractivity contribution is 7.89. The Hall–Kier alpha value is -1.64. The van der Waals surface area contributed by atoms with Crippen molar-refractivity contribution in [3.05, 3.63) is 28.8 Å². The fraction of sp³-hybridized carbons (Fsp3) is 0.579. The first-order valence-corrected chi connectivity index (χ1v) is 11.4. The van der Waals surface area contributed by atoms with Crippen LogP contribution in [0.1, 0.15) is 49.4 Å². The molecule has 0 radical (unpaired) electrons. The van der Waals surface area contributed by atoms with Gasteiger partial charge in [-0.2, -0.15) is 4.31 Å². The Morgan fingerprint density at radius 2 is 1.82 bits per heavy atom. The van der Waals surface area contributed by atoms with E-state index in [1.807, 2.05) is 6.92 Å². The summed E-state index contributed by atoms with van der Waals surface area (Å²) in [6.45, 7) is 3.16. The topological polar surface area (TPSA) is 84.0 Å². The Kier molecular flexibility index (Phi) is 6.62. The van der Waals surface area contributed by atoms with Crippen molar-refractivity contribution in [3.8, 4) is 0 Å². The van der Waals surface area contributed by atoms with Crippen LogP contribution in [0.25, 0.3) is 0 Å². The molecule has 2 heterocycles. The number of ether oxygens (including phenoxy) is 1. The molecule has 0 aliphatic carbocycles. The monoisotopic (exact) mass is 428 g/mol. The van der Waals surface area contributed by atoms with Crippen molar-refractivity contribution in [2.45, 2.75) is 50.0 Å². The first-order chi connectivity index (χ1) is 13.3. The predicted octanol–water partition coefficient (Wildman–Crippen LogP) is 2.68. The van der Waals surface area contributed by atoms with Crippen molar-refractivity contribution in [2.24, 2.45) is 0 Å². The Balaban J connectivity index is 1.69. The summed E-state index contributed by atoms with van der Waals surface area (Å²) in [5.74, 6) is -0.980. The number of rotatable bonds is 5. The molecule has 28 heavy (non-hydrogen) atoms. The van der Waals surface area contributed by atoms with Crippen molar-refractivity contribution in [3.63, 3.8) is 0 Å². The molecule has 1 amide bonds. The molecule has 1 aromatic rings. The average Bonchev–Trinajstić information content (AvgIpc) is 3.22. The summed E-state index contributed by atoms with van der Waals surface area (Å²) in [7, 11) is -3.76. The summed E-state index contributed by atoms with van der Waals surface area (Å²) in [4.78, 5) is 26.3. The smallest absolute Gasteiger partial charge is 0.338 e. The maximum atomic E-state index is 12.8. The molecule has 9 heteroatoms. The third-order valence-electron chi connectivity index (χ3n) is 5.30. The summed E-state index contributed by atoms with van der Waals surface area (Å²) in [5, 5.41) is 0.0571. The van der Waals surface area contributed by atoms with Crippen LogP contribution >= 0.6 is 11.6 Å². The number of hydrogen-bond donors (Lipinski definition) is 0. The molecule has 2 aliphatic heterocycles. The summed E-state index contributed by atoms with van der Waals surface area (Å²) in [6, 6.07) is 4.14. The van der Waals surface area contributed by atoms with Crippen molar-refractivity contribution >= 4 is 33.5 Å². The highest BCUT2D eigenvalue weighted by atomic mass is 35.5. The van der Waals surface area contributed by atoms with Gasteiger partial charge in [0.15, 0.2) is 6.61 Å². The molecule has 2 saturated heterocycles. The van der Waals surface area contributed by atoms with Crippen LogP contribution in [-0.2, 0) is 19.6 Å². The van der Waals surface area contributed by atoms with Gasteiger partial charge in [-0.25, -0.2) is 13.2 Å². The zero-order valence-electron chi connectivity index (χ0n) is 15.9. The number of piperidine rings is 1. The third-order valence-corrected chi connectivity index (χ3v) is 7.68. The highest BCUT2D eigenvalue weighted by Gasteiger charge is 2.30. The molecule has 0 N–H and O–H groups in total. The molecule has 1 unspecified atom stereocenters. The van der Waals surface area contributed by atoms with Crippen molar-refractivity contribution < 1.29 is 22.7 Å². The molecule has 0 aromatic heterocycles. The Labute approximate surface area is 170 Å². The lowest BCUT2D eigenvalue weighted by molar-refractivity contribution is -0.137. The van der Waals surface area contributed by atoms with Gasteiger partial charge in [-0.05, 0) is 57.2 Å². The van der Waals surface area contributed by atoms with Gasteiger partial charge in [-0.1, -0.05) is 11.6 Å². The van der Waals surface area contributed by atoms with Gasteiger partial charge in [-0.15, -0.1) is 0 Å². The maximum Gasteiger partial charge on any atom is 0.338 e. The van der Waals surface area contributed by atoms with Crippen LogP contribution in [0.3, 0.4) is 0 Å². The molecule has 1 atom stereocenters. The number of esters is 1. The lowest BCUT2D eigenvalue weighted by Gasteiger charge is -2.33. The van der Waals surface area contributed by atoms with E-state index in [-0.39, 0.29) is 34.0 Å². The van der Waals surface area contributed by atoms with E-state index in [1.165, 1.54) is 22.5 Å². The van der Waals surface area contributed by atoms with E-state index in [2.05, 4.69) is 0 Å². The quantitative estimate of drug-likeness (QED) is 0.673. The molecule has 2 fully saturated rings. The van der Waals surface area contributed by atoms with Crippen molar-refractivity contribution in [1.29, 1.82) is 0 Å². The first kappa shape index (κ1) is 21.1. The lowest BCUT2D eigenvalue weighted by atomic mass is 10.0. The number of nitrogens with zero attached hydrogens (tertiary/aromatic N) is 2. The van der Waals surface area contributed by atoms with Gasteiger partial charge in [0, 0.05) is 25.7 Å². The van der Waals surface area contributed by atoms with Gasteiger partial charge >= 0.3 is 5.97 Å². The second kappa shape index (κ2) is 8.80. The Morgan fingerprint density at radius 3 is 2.50 bits per heavy atom. The maximum absolute atomic E-state index is 12.8. The van der Waals surface area contributed by atoms with Gasteiger partial charge in [-0.3, -0.25) is 4.79 Å². The van der Waals surface area contributed by atoms with Crippen LogP contribution in [0.4, 0.5) is 0 Å². The van der Waals surface area contributed by atoms with Crippen LogP contribution in [0.2, 0.25) is 5.02 Å². The molecular weight excluding hydrogens is 404 g/mol. The molecule has 3 rings (SSSR count). The lowest BCUT2D eigenvalue weighted by Crippen LogP contribution is -2.44. The number of carbonyl (C=O) groups excluding carboxylic acids is 2. The first-order valence-electron chi connectivity index (χ1n) is 9.57. The number of halogens is 1. The molecule has 0 bridgehead atoms. The van der Waals surface area contributed by atoms with Gasteiger partial charge < -0.3 is 9.64 Å². The van der Waals surface area contributed by atoms with Gasteiger partial charge in [0.25, 0.3) is 5.91 Å². The fourth-order valence-electron chi connectivity index (χ4n) is 3.66. The van der Waals surface area contributed by atoms with Crippen molar-refractivity contribution in [2.75, 3.05) is 26.2 Å². The largest absolute Gasteiger partial charge is 0.452 e. The standard InChI is InChI=1S/C19H25ClN2O5S/c1-14-6-2-3-11-22(14)18(23)13-27-19(24)15-7-8-16(20)17(12-15)28(25,26)21-9-4-5-10-21/h7-8,12,14H,2-6,9-11,13H2,1H3. The van der Waals surface area contributed by atoms with Crippen LogP contribution in [0, 0.1) is 0 Å². The number of likely N-dealkylation sites (tertiary alicyclic amines) is 1. The third kappa shape index (κ3) is 4.50. The number of hydrogen-bond acceptors (Lipinski definition) is 5.